The summed E-state index contributed by atoms with van der Waals surface area (Å²) < 4.78 is 1.03. The predicted octanol–water partition coefficient (Wildman–Crippen LogP) is 3.07. The summed E-state index contributed by atoms with van der Waals surface area (Å²) in [5, 5.41) is 4.26. The normalized spacial score (nSPS) is 16.8. The molecule has 4 nitrogen and oxygen atoms in total. The number of nitrogens with zero attached hydrogens (tertiary/aromatic N) is 2. The number of likely N-dealkylation sites (N-methyl/N-ethyl adjacent to an activating group) is 1. The smallest absolute Gasteiger partial charge is 0.236 e. The molecule has 1 aromatic carbocycles. The number of rotatable bonds is 4. The van der Waals surface area contributed by atoms with Crippen molar-refractivity contribution in [1.29, 1.82) is 0 Å². The Balaban J connectivity index is 1.84. The number of hydrogen-bond acceptors (Lipinski definition) is 3. The zero-order valence-electron chi connectivity index (χ0n) is 12.4. The standard InChI is InChI=1S/C15H21BrClN3O/c1-19(2)15(21)10-20-7-5-12(6-8-20)18-14-9-11(17)3-4-13(14)16/h3-4,9,12,18H,5-8,10H2,1-2H3. The molecule has 1 aliphatic heterocycles. The van der Waals surface area contributed by atoms with Crippen molar-refractivity contribution in [3.63, 3.8) is 0 Å². The summed E-state index contributed by atoms with van der Waals surface area (Å²) >= 11 is 9.57. The largest absolute Gasteiger partial charge is 0.381 e. The Kier molecular flexibility index (Phi) is 5.90. The highest BCUT2D eigenvalue weighted by Crippen LogP contribution is 2.28. The minimum atomic E-state index is 0.166. The molecule has 1 saturated heterocycles. The number of nitrogens with one attached hydrogen (secondary N) is 1. The molecule has 1 aliphatic rings. The van der Waals surface area contributed by atoms with Gasteiger partial charge in [0.2, 0.25) is 5.91 Å². The third-order valence-corrected chi connectivity index (χ3v) is 4.66. The van der Waals surface area contributed by atoms with Crippen molar-refractivity contribution in [3.8, 4) is 0 Å². The van der Waals surface area contributed by atoms with Gasteiger partial charge in [0, 0.05) is 42.7 Å². The average molecular weight is 375 g/mol. The number of likely N-dealkylation sites (tertiary alicyclic amines) is 1. The number of amides is 1. The maximum Gasteiger partial charge on any atom is 0.236 e. The van der Waals surface area contributed by atoms with Crippen LogP contribution in [-0.2, 0) is 4.79 Å². The maximum absolute atomic E-state index is 11.7. The van der Waals surface area contributed by atoms with Gasteiger partial charge in [-0.1, -0.05) is 11.6 Å². The number of piperidine rings is 1. The molecule has 1 N–H and O–H groups in total. The highest BCUT2D eigenvalue weighted by atomic mass is 79.9. The van der Waals surface area contributed by atoms with E-state index in [0.717, 1.165) is 41.1 Å². The lowest BCUT2D eigenvalue weighted by molar-refractivity contribution is -0.130. The minimum Gasteiger partial charge on any atom is -0.381 e. The number of halogens is 2. The summed E-state index contributed by atoms with van der Waals surface area (Å²) in [4.78, 5) is 15.6. The van der Waals surface area contributed by atoms with Gasteiger partial charge in [0.05, 0.1) is 12.2 Å². The molecule has 21 heavy (non-hydrogen) atoms. The Morgan fingerprint density at radius 3 is 2.71 bits per heavy atom. The van der Waals surface area contributed by atoms with Crippen LogP contribution in [0.2, 0.25) is 5.02 Å². The van der Waals surface area contributed by atoms with Crippen LogP contribution in [0.4, 0.5) is 5.69 Å². The van der Waals surface area contributed by atoms with E-state index in [-0.39, 0.29) is 5.91 Å². The topological polar surface area (TPSA) is 35.6 Å². The second-order valence-electron chi connectivity index (χ2n) is 5.61. The number of carbonyl (C=O) groups excluding carboxylic acids is 1. The van der Waals surface area contributed by atoms with Crippen LogP contribution in [0.3, 0.4) is 0 Å². The second-order valence-corrected chi connectivity index (χ2v) is 6.90. The van der Waals surface area contributed by atoms with Crippen molar-refractivity contribution < 1.29 is 4.79 Å². The van der Waals surface area contributed by atoms with Crippen LogP contribution in [0.15, 0.2) is 22.7 Å². The molecule has 116 valence electrons. The van der Waals surface area contributed by atoms with Crippen LogP contribution >= 0.6 is 27.5 Å². The summed E-state index contributed by atoms with van der Waals surface area (Å²) in [6.45, 7) is 2.39. The van der Waals surface area contributed by atoms with E-state index in [9.17, 15) is 4.79 Å². The molecule has 6 heteroatoms. The summed E-state index contributed by atoms with van der Waals surface area (Å²) in [6.07, 6.45) is 2.05. The van der Waals surface area contributed by atoms with Crippen molar-refractivity contribution in [3.05, 3.63) is 27.7 Å². The number of carbonyl (C=O) groups is 1. The molecule has 1 fully saturated rings. The minimum absolute atomic E-state index is 0.166. The zero-order chi connectivity index (χ0) is 15.4. The Morgan fingerprint density at radius 2 is 2.10 bits per heavy atom. The molecular weight excluding hydrogens is 354 g/mol. The quantitative estimate of drug-likeness (QED) is 0.880. The first-order chi connectivity index (χ1) is 9.95. The molecule has 0 atom stereocenters. The van der Waals surface area contributed by atoms with Crippen molar-refractivity contribution in [2.75, 3.05) is 39.0 Å². The van der Waals surface area contributed by atoms with Gasteiger partial charge in [0.15, 0.2) is 0 Å². The lowest BCUT2D eigenvalue weighted by atomic mass is 10.0. The molecular formula is C15H21BrClN3O. The lowest BCUT2D eigenvalue weighted by Gasteiger charge is -2.33. The van der Waals surface area contributed by atoms with Crippen LogP contribution in [-0.4, -0.2) is 55.5 Å². The van der Waals surface area contributed by atoms with Crippen LogP contribution in [0.5, 0.6) is 0 Å². The van der Waals surface area contributed by atoms with E-state index in [2.05, 4.69) is 26.1 Å². The van der Waals surface area contributed by atoms with Gasteiger partial charge in [-0.3, -0.25) is 9.69 Å². The van der Waals surface area contributed by atoms with Crippen molar-refractivity contribution in [2.45, 2.75) is 18.9 Å². The molecule has 1 heterocycles. The van der Waals surface area contributed by atoms with Gasteiger partial charge in [-0.2, -0.15) is 0 Å². The van der Waals surface area contributed by atoms with E-state index in [0.29, 0.717) is 12.6 Å². The van der Waals surface area contributed by atoms with Crippen molar-refractivity contribution >= 4 is 39.1 Å². The van der Waals surface area contributed by atoms with E-state index in [4.69, 9.17) is 11.6 Å². The van der Waals surface area contributed by atoms with E-state index in [1.807, 2.05) is 18.2 Å². The molecule has 0 bridgehead atoms. The van der Waals surface area contributed by atoms with Gasteiger partial charge < -0.3 is 10.2 Å². The Morgan fingerprint density at radius 1 is 1.43 bits per heavy atom. The highest BCUT2D eigenvalue weighted by Gasteiger charge is 2.21. The summed E-state index contributed by atoms with van der Waals surface area (Å²) in [5.41, 5.74) is 1.03. The molecule has 0 spiro atoms. The number of anilines is 1. The fraction of sp³-hybridized carbons (Fsp3) is 0.533. The fourth-order valence-electron chi connectivity index (χ4n) is 2.40. The van der Waals surface area contributed by atoms with Gasteiger partial charge in [-0.25, -0.2) is 0 Å². The molecule has 0 saturated carbocycles. The molecule has 0 aliphatic carbocycles. The zero-order valence-corrected chi connectivity index (χ0v) is 14.7. The van der Waals surface area contributed by atoms with Crippen molar-refractivity contribution in [2.24, 2.45) is 0 Å². The Hall–Kier alpha value is -0.780. The van der Waals surface area contributed by atoms with Gasteiger partial charge in [0.25, 0.3) is 0 Å². The molecule has 1 amide bonds. The molecule has 0 radical (unpaired) electrons. The first kappa shape index (κ1) is 16.6. The second kappa shape index (κ2) is 7.47. The first-order valence-electron chi connectivity index (χ1n) is 7.10. The van der Waals surface area contributed by atoms with E-state index < -0.39 is 0 Å². The SMILES string of the molecule is CN(C)C(=O)CN1CCC(Nc2cc(Cl)ccc2Br)CC1. The number of benzene rings is 1. The van der Waals surface area contributed by atoms with E-state index >= 15 is 0 Å². The maximum atomic E-state index is 11.7. The molecule has 0 aromatic heterocycles. The molecule has 1 aromatic rings. The van der Waals surface area contributed by atoms with Gasteiger partial charge >= 0.3 is 0 Å². The van der Waals surface area contributed by atoms with Crippen LogP contribution in [0, 0.1) is 0 Å². The number of hydrogen-bond donors (Lipinski definition) is 1. The van der Waals surface area contributed by atoms with E-state index in [1.54, 1.807) is 19.0 Å². The monoisotopic (exact) mass is 373 g/mol. The predicted molar refractivity (Wildman–Crippen MR) is 90.9 cm³/mol. The van der Waals surface area contributed by atoms with Crippen LogP contribution < -0.4 is 5.32 Å². The third-order valence-electron chi connectivity index (χ3n) is 3.73. The third kappa shape index (κ3) is 4.87. The summed E-state index contributed by atoms with van der Waals surface area (Å²) in [6, 6.07) is 6.18. The molecule has 0 unspecified atom stereocenters. The Bertz CT molecular complexity index is 502. The van der Waals surface area contributed by atoms with Crippen molar-refractivity contribution in [1.82, 2.24) is 9.80 Å². The van der Waals surface area contributed by atoms with Gasteiger partial charge in [-0.05, 0) is 47.0 Å². The van der Waals surface area contributed by atoms with E-state index in [1.165, 1.54) is 0 Å². The lowest BCUT2D eigenvalue weighted by Crippen LogP contribution is -2.43. The Labute approximate surface area is 139 Å². The summed E-state index contributed by atoms with van der Waals surface area (Å²) in [7, 11) is 3.60. The average Bonchev–Trinajstić information content (AvgIpc) is 2.45. The summed E-state index contributed by atoms with van der Waals surface area (Å²) in [5.74, 6) is 0.166. The fourth-order valence-corrected chi connectivity index (χ4v) is 2.93. The van der Waals surface area contributed by atoms with Crippen LogP contribution in [0.25, 0.3) is 0 Å². The first-order valence-corrected chi connectivity index (χ1v) is 8.27. The molecule has 2 rings (SSSR count). The van der Waals surface area contributed by atoms with Crippen LogP contribution in [0.1, 0.15) is 12.8 Å². The highest BCUT2D eigenvalue weighted by molar-refractivity contribution is 9.10. The van der Waals surface area contributed by atoms with Gasteiger partial charge in [-0.15, -0.1) is 0 Å². The van der Waals surface area contributed by atoms with Gasteiger partial charge in [0.1, 0.15) is 0 Å².